The minimum absolute atomic E-state index is 0.232. The molecular weight excluding hydrogens is 214 g/mol. The van der Waals surface area contributed by atoms with E-state index in [1.807, 2.05) is 24.3 Å². The SMILES string of the molecule is CC(Cc1ccco1)Nc1ccnc(C#N)c1. The summed E-state index contributed by atoms with van der Waals surface area (Å²) in [5.74, 6) is 0.944. The molecule has 0 bridgehead atoms. The average Bonchev–Trinajstić information content (AvgIpc) is 2.82. The van der Waals surface area contributed by atoms with Gasteiger partial charge in [-0.25, -0.2) is 4.98 Å². The number of aromatic nitrogens is 1. The first-order valence-corrected chi connectivity index (χ1v) is 5.43. The van der Waals surface area contributed by atoms with Gasteiger partial charge in [-0.2, -0.15) is 5.26 Å². The van der Waals surface area contributed by atoms with E-state index in [4.69, 9.17) is 9.68 Å². The van der Waals surface area contributed by atoms with Gasteiger partial charge in [-0.1, -0.05) is 0 Å². The highest BCUT2D eigenvalue weighted by atomic mass is 16.3. The summed E-state index contributed by atoms with van der Waals surface area (Å²) in [6.45, 7) is 2.06. The minimum atomic E-state index is 0.232. The second-order valence-electron chi connectivity index (χ2n) is 3.87. The first-order valence-electron chi connectivity index (χ1n) is 5.43. The van der Waals surface area contributed by atoms with Gasteiger partial charge in [0.2, 0.25) is 0 Å². The molecule has 0 spiro atoms. The maximum atomic E-state index is 8.75. The van der Waals surface area contributed by atoms with Crippen molar-refractivity contribution in [1.82, 2.24) is 4.98 Å². The van der Waals surface area contributed by atoms with Crippen LogP contribution in [0.3, 0.4) is 0 Å². The largest absolute Gasteiger partial charge is 0.469 e. The van der Waals surface area contributed by atoms with Crippen LogP contribution < -0.4 is 5.32 Å². The number of furan rings is 1. The van der Waals surface area contributed by atoms with Crippen LogP contribution >= 0.6 is 0 Å². The molecule has 1 unspecified atom stereocenters. The monoisotopic (exact) mass is 227 g/mol. The molecule has 0 amide bonds. The number of anilines is 1. The van der Waals surface area contributed by atoms with Crippen molar-refractivity contribution in [2.45, 2.75) is 19.4 Å². The molecule has 2 aromatic heterocycles. The van der Waals surface area contributed by atoms with Crippen LogP contribution in [0.25, 0.3) is 0 Å². The van der Waals surface area contributed by atoms with E-state index in [0.29, 0.717) is 5.69 Å². The molecule has 86 valence electrons. The summed E-state index contributed by atoms with van der Waals surface area (Å²) in [5.41, 5.74) is 1.32. The van der Waals surface area contributed by atoms with Gasteiger partial charge in [-0.05, 0) is 31.2 Å². The lowest BCUT2D eigenvalue weighted by Gasteiger charge is -2.13. The first kappa shape index (κ1) is 11.2. The normalized spacial score (nSPS) is 11.8. The third-order valence-electron chi connectivity index (χ3n) is 2.38. The summed E-state index contributed by atoms with van der Waals surface area (Å²) >= 11 is 0. The molecule has 0 fully saturated rings. The Hall–Kier alpha value is -2.28. The quantitative estimate of drug-likeness (QED) is 0.872. The second kappa shape index (κ2) is 5.17. The number of rotatable bonds is 4. The Kier molecular flexibility index (Phi) is 3.41. The van der Waals surface area contributed by atoms with Gasteiger partial charge in [0.25, 0.3) is 0 Å². The van der Waals surface area contributed by atoms with Gasteiger partial charge in [-0.3, -0.25) is 0 Å². The zero-order valence-corrected chi connectivity index (χ0v) is 9.55. The van der Waals surface area contributed by atoms with Crippen LogP contribution in [0.4, 0.5) is 5.69 Å². The molecule has 2 aromatic rings. The molecule has 4 heteroatoms. The Labute approximate surface area is 99.9 Å². The van der Waals surface area contributed by atoms with Crippen LogP contribution in [-0.4, -0.2) is 11.0 Å². The van der Waals surface area contributed by atoms with E-state index in [0.717, 1.165) is 17.9 Å². The van der Waals surface area contributed by atoms with E-state index in [-0.39, 0.29) is 6.04 Å². The highest BCUT2D eigenvalue weighted by molar-refractivity contribution is 5.46. The van der Waals surface area contributed by atoms with Gasteiger partial charge in [-0.15, -0.1) is 0 Å². The highest BCUT2D eigenvalue weighted by Crippen LogP contribution is 2.11. The van der Waals surface area contributed by atoms with Crippen LogP contribution in [0.15, 0.2) is 41.1 Å². The van der Waals surface area contributed by atoms with Crippen molar-refractivity contribution in [3.05, 3.63) is 48.2 Å². The lowest BCUT2D eigenvalue weighted by Crippen LogP contribution is -2.17. The summed E-state index contributed by atoms with van der Waals surface area (Å²) in [6, 6.07) is 9.66. The van der Waals surface area contributed by atoms with Crippen LogP contribution in [0, 0.1) is 11.3 Å². The van der Waals surface area contributed by atoms with Crippen molar-refractivity contribution in [3.63, 3.8) is 0 Å². The summed E-state index contributed by atoms with van der Waals surface area (Å²) in [6.07, 6.45) is 4.10. The van der Waals surface area contributed by atoms with E-state index in [2.05, 4.69) is 17.2 Å². The zero-order valence-electron chi connectivity index (χ0n) is 9.55. The van der Waals surface area contributed by atoms with Gasteiger partial charge < -0.3 is 9.73 Å². The number of hydrogen-bond acceptors (Lipinski definition) is 4. The molecule has 4 nitrogen and oxygen atoms in total. The van der Waals surface area contributed by atoms with Crippen molar-refractivity contribution in [2.75, 3.05) is 5.32 Å². The standard InChI is InChI=1S/C13H13N3O/c1-10(7-13-3-2-6-17-13)16-11-4-5-15-12(8-11)9-14/h2-6,8,10H,7H2,1H3,(H,15,16). The summed E-state index contributed by atoms with van der Waals surface area (Å²) in [4.78, 5) is 3.92. The van der Waals surface area contributed by atoms with Crippen molar-refractivity contribution in [2.24, 2.45) is 0 Å². The van der Waals surface area contributed by atoms with Crippen molar-refractivity contribution in [1.29, 1.82) is 5.26 Å². The average molecular weight is 227 g/mol. The number of nitriles is 1. The molecule has 0 aromatic carbocycles. The molecule has 0 aliphatic heterocycles. The molecule has 1 atom stereocenters. The van der Waals surface area contributed by atoms with Crippen molar-refractivity contribution >= 4 is 5.69 Å². The Morgan fingerprint density at radius 2 is 2.41 bits per heavy atom. The van der Waals surface area contributed by atoms with Gasteiger partial charge in [0, 0.05) is 24.3 Å². The fourth-order valence-corrected chi connectivity index (χ4v) is 1.65. The Balaban J connectivity index is 1.98. The lowest BCUT2D eigenvalue weighted by molar-refractivity contribution is 0.498. The zero-order chi connectivity index (χ0) is 12.1. The Bertz CT molecular complexity index is 514. The number of nitrogens with one attached hydrogen (secondary N) is 1. The minimum Gasteiger partial charge on any atom is -0.469 e. The Morgan fingerprint density at radius 3 is 3.12 bits per heavy atom. The van der Waals surface area contributed by atoms with Crippen LogP contribution in [-0.2, 0) is 6.42 Å². The predicted octanol–water partition coefficient (Wildman–Crippen LogP) is 2.59. The topological polar surface area (TPSA) is 61.9 Å². The third kappa shape index (κ3) is 3.08. The van der Waals surface area contributed by atoms with E-state index in [1.54, 1.807) is 18.5 Å². The Morgan fingerprint density at radius 1 is 1.53 bits per heavy atom. The summed E-state index contributed by atoms with van der Waals surface area (Å²) in [5, 5.41) is 12.1. The van der Waals surface area contributed by atoms with Crippen molar-refractivity contribution in [3.8, 4) is 6.07 Å². The smallest absolute Gasteiger partial charge is 0.142 e. The van der Waals surface area contributed by atoms with Gasteiger partial charge in [0.1, 0.15) is 17.5 Å². The lowest BCUT2D eigenvalue weighted by atomic mass is 10.2. The molecule has 1 N–H and O–H groups in total. The highest BCUT2D eigenvalue weighted by Gasteiger charge is 2.06. The molecule has 0 aliphatic carbocycles. The molecule has 0 saturated heterocycles. The molecule has 2 rings (SSSR count). The van der Waals surface area contributed by atoms with E-state index in [9.17, 15) is 0 Å². The van der Waals surface area contributed by atoms with E-state index < -0.39 is 0 Å². The predicted molar refractivity (Wildman–Crippen MR) is 64.4 cm³/mol. The molecule has 0 radical (unpaired) electrons. The summed E-state index contributed by atoms with van der Waals surface area (Å²) < 4.78 is 5.28. The van der Waals surface area contributed by atoms with Crippen LogP contribution in [0.2, 0.25) is 0 Å². The maximum Gasteiger partial charge on any atom is 0.142 e. The molecule has 0 aliphatic rings. The van der Waals surface area contributed by atoms with Gasteiger partial charge >= 0.3 is 0 Å². The molecule has 2 heterocycles. The number of nitrogens with zero attached hydrogens (tertiary/aromatic N) is 2. The van der Waals surface area contributed by atoms with Gasteiger partial charge in [0.15, 0.2) is 0 Å². The fraction of sp³-hybridized carbons (Fsp3) is 0.231. The number of hydrogen-bond donors (Lipinski definition) is 1. The van der Waals surface area contributed by atoms with Gasteiger partial charge in [0.05, 0.1) is 6.26 Å². The van der Waals surface area contributed by atoms with Crippen LogP contribution in [0.1, 0.15) is 18.4 Å². The van der Waals surface area contributed by atoms with Crippen molar-refractivity contribution < 1.29 is 4.42 Å². The first-order chi connectivity index (χ1) is 8.28. The molecular formula is C13H13N3O. The molecule has 17 heavy (non-hydrogen) atoms. The number of pyridine rings is 1. The fourth-order valence-electron chi connectivity index (χ4n) is 1.65. The van der Waals surface area contributed by atoms with Crippen LogP contribution in [0.5, 0.6) is 0 Å². The van der Waals surface area contributed by atoms with E-state index in [1.165, 1.54) is 0 Å². The van der Waals surface area contributed by atoms with E-state index >= 15 is 0 Å². The second-order valence-corrected chi connectivity index (χ2v) is 3.87. The third-order valence-corrected chi connectivity index (χ3v) is 2.38. The maximum absolute atomic E-state index is 8.75. The molecule has 0 saturated carbocycles. The summed E-state index contributed by atoms with van der Waals surface area (Å²) in [7, 11) is 0.